The lowest BCUT2D eigenvalue weighted by atomic mass is 9.66. The van der Waals surface area contributed by atoms with E-state index < -0.39 is 0 Å². The standard InChI is InChI=1S/C16H23FO/c1-16(2)10-4-3-5-14(16)15(18)11-12-6-8-13(17)9-7-12/h6-9,14-15,18H,3-5,10-11H2,1-2H3. The van der Waals surface area contributed by atoms with Crippen LogP contribution >= 0.6 is 0 Å². The van der Waals surface area contributed by atoms with E-state index in [2.05, 4.69) is 13.8 Å². The maximum Gasteiger partial charge on any atom is 0.123 e. The zero-order valence-corrected chi connectivity index (χ0v) is 11.3. The highest BCUT2D eigenvalue weighted by atomic mass is 19.1. The predicted molar refractivity (Wildman–Crippen MR) is 71.8 cm³/mol. The second kappa shape index (κ2) is 5.40. The van der Waals surface area contributed by atoms with E-state index in [1.165, 1.54) is 31.4 Å². The van der Waals surface area contributed by atoms with Gasteiger partial charge in [-0.25, -0.2) is 4.39 Å². The minimum atomic E-state index is -0.314. The van der Waals surface area contributed by atoms with Crippen LogP contribution in [0, 0.1) is 17.2 Å². The summed E-state index contributed by atoms with van der Waals surface area (Å²) in [6, 6.07) is 6.48. The molecule has 0 aliphatic heterocycles. The Labute approximate surface area is 109 Å². The van der Waals surface area contributed by atoms with Crippen LogP contribution in [0.1, 0.15) is 45.1 Å². The molecule has 1 saturated carbocycles. The largest absolute Gasteiger partial charge is 0.392 e. The van der Waals surface area contributed by atoms with Crippen LogP contribution in [0.15, 0.2) is 24.3 Å². The van der Waals surface area contributed by atoms with Crippen LogP contribution in [-0.4, -0.2) is 11.2 Å². The average Bonchev–Trinajstić information content (AvgIpc) is 2.31. The Hall–Kier alpha value is -0.890. The molecule has 1 aliphatic rings. The lowest BCUT2D eigenvalue weighted by Crippen LogP contribution is -2.37. The first kappa shape index (κ1) is 13.5. The highest BCUT2D eigenvalue weighted by Gasteiger charge is 2.36. The minimum Gasteiger partial charge on any atom is -0.392 e. The maximum atomic E-state index is 12.8. The van der Waals surface area contributed by atoms with Crippen LogP contribution in [0.25, 0.3) is 0 Å². The third-order valence-corrected chi connectivity index (χ3v) is 4.41. The second-order valence-corrected chi connectivity index (χ2v) is 6.24. The fourth-order valence-electron chi connectivity index (χ4n) is 3.24. The Morgan fingerprint density at radius 3 is 2.56 bits per heavy atom. The van der Waals surface area contributed by atoms with Gasteiger partial charge < -0.3 is 5.11 Å². The van der Waals surface area contributed by atoms with Gasteiger partial charge in [0.1, 0.15) is 5.82 Å². The van der Waals surface area contributed by atoms with Gasteiger partial charge in [-0.1, -0.05) is 38.8 Å². The highest BCUT2D eigenvalue weighted by Crippen LogP contribution is 2.42. The first-order valence-electron chi connectivity index (χ1n) is 6.91. The molecule has 0 heterocycles. The zero-order valence-electron chi connectivity index (χ0n) is 11.3. The van der Waals surface area contributed by atoms with E-state index in [1.54, 1.807) is 12.1 Å². The average molecular weight is 250 g/mol. The van der Waals surface area contributed by atoms with E-state index in [0.717, 1.165) is 12.0 Å². The van der Waals surface area contributed by atoms with Crippen molar-refractivity contribution in [3.63, 3.8) is 0 Å². The number of hydrogen-bond donors (Lipinski definition) is 1. The zero-order chi connectivity index (χ0) is 13.2. The van der Waals surface area contributed by atoms with Gasteiger partial charge in [0.15, 0.2) is 0 Å². The number of benzene rings is 1. The Balaban J connectivity index is 2.02. The summed E-state index contributed by atoms with van der Waals surface area (Å²) >= 11 is 0. The summed E-state index contributed by atoms with van der Waals surface area (Å²) < 4.78 is 12.8. The van der Waals surface area contributed by atoms with Gasteiger partial charge in [0.05, 0.1) is 6.10 Å². The Kier molecular flexibility index (Phi) is 4.06. The molecule has 2 rings (SSSR count). The Morgan fingerprint density at radius 2 is 1.94 bits per heavy atom. The molecule has 0 amide bonds. The first-order valence-corrected chi connectivity index (χ1v) is 6.91. The molecular weight excluding hydrogens is 227 g/mol. The molecule has 1 aromatic carbocycles. The molecule has 100 valence electrons. The molecule has 2 heteroatoms. The molecule has 1 N–H and O–H groups in total. The van der Waals surface area contributed by atoms with E-state index in [-0.39, 0.29) is 17.3 Å². The van der Waals surface area contributed by atoms with Crippen molar-refractivity contribution in [1.29, 1.82) is 0 Å². The summed E-state index contributed by atoms with van der Waals surface area (Å²) in [6.07, 6.45) is 5.11. The van der Waals surface area contributed by atoms with Gasteiger partial charge in [-0.15, -0.1) is 0 Å². The maximum absolute atomic E-state index is 12.8. The van der Waals surface area contributed by atoms with Gasteiger partial charge in [0.25, 0.3) is 0 Å². The third-order valence-electron chi connectivity index (χ3n) is 4.41. The number of aliphatic hydroxyl groups is 1. The van der Waals surface area contributed by atoms with Crippen molar-refractivity contribution in [2.24, 2.45) is 11.3 Å². The number of hydrogen-bond acceptors (Lipinski definition) is 1. The normalized spacial score (nSPS) is 24.8. The van der Waals surface area contributed by atoms with Gasteiger partial charge in [-0.3, -0.25) is 0 Å². The van der Waals surface area contributed by atoms with E-state index in [9.17, 15) is 9.50 Å². The molecule has 1 fully saturated rings. The van der Waals surface area contributed by atoms with E-state index in [1.807, 2.05) is 0 Å². The number of rotatable bonds is 3. The van der Waals surface area contributed by atoms with Crippen LogP contribution in [0.5, 0.6) is 0 Å². The summed E-state index contributed by atoms with van der Waals surface area (Å²) in [5, 5.41) is 10.4. The molecule has 0 radical (unpaired) electrons. The van der Waals surface area contributed by atoms with E-state index >= 15 is 0 Å². The van der Waals surface area contributed by atoms with Crippen molar-refractivity contribution in [2.45, 2.75) is 52.1 Å². The summed E-state index contributed by atoms with van der Waals surface area (Å²) in [4.78, 5) is 0. The smallest absolute Gasteiger partial charge is 0.123 e. The second-order valence-electron chi connectivity index (χ2n) is 6.24. The van der Waals surface area contributed by atoms with Crippen molar-refractivity contribution in [2.75, 3.05) is 0 Å². The van der Waals surface area contributed by atoms with Gasteiger partial charge >= 0.3 is 0 Å². The van der Waals surface area contributed by atoms with Gasteiger partial charge in [0, 0.05) is 0 Å². The van der Waals surface area contributed by atoms with Gasteiger partial charge in [-0.2, -0.15) is 0 Å². The lowest BCUT2D eigenvalue weighted by molar-refractivity contribution is 0.00580. The summed E-state index contributed by atoms with van der Waals surface area (Å²) in [7, 11) is 0. The molecule has 0 bridgehead atoms. The van der Waals surface area contributed by atoms with Crippen LogP contribution in [0.3, 0.4) is 0 Å². The van der Waals surface area contributed by atoms with Crippen LogP contribution in [-0.2, 0) is 6.42 Å². The van der Waals surface area contributed by atoms with Gasteiger partial charge in [0.2, 0.25) is 0 Å². The Bertz CT molecular complexity index is 383. The summed E-state index contributed by atoms with van der Waals surface area (Å²) in [6.45, 7) is 4.51. The molecule has 0 aromatic heterocycles. The molecule has 2 unspecified atom stereocenters. The SMILES string of the molecule is CC1(C)CCCCC1C(O)Cc1ccc(F)cc1. The van der Waals surface area contributed by atoms with Crippen LogP contribution in [0.4, 0.5) is 4.39 Å². The van der Waals surface area contributed by atoms with Crippen LogP contribution < -0.4 is 0 Å². The molecule has 0 saturated heterocycles. The third kappa shape index (κ3) is 3.11. The summed E-state index contributed by atoms with van der Waals surface area (Å²) in [5.41, 5.74) is 1.24. The predicted octanol–water partition coefficient (Wildman–Crippen LogP) is 3.95. The molecular formula is C16H23FO. The van der Waals surface area contributed by atoms with Gasteiger partial charge in [-0.05, 0) is 48.3 Å². The number of halogens is 1. The Morgan fingerprint density at radius 1 is 1.28 bits per heavy atom. The molecule has 2 atom stereocenters. The van der Waals surface area contributed by atoms with Crippen molar-refractivity contribution < 1.29 is 9.50 Å². The van der Waals surface area contributed by atoms with Crippen molar-refractivity contribution in [1.82, 2.24) is 0 Å². The molecule has 18 heavy (non-hydrogen) atoms. The first-order chi connectivity index (χ1) is 8.49. The number of aliphatic hydroxyl groups excluding tert-OH is 1. The van der Waals surface area contributed by atoms with Crippen molar-refractivity contribution in [3.8, 4) is 0 Å². The molecule has 1 aliphatic carbocycles. The molecule has 0 spiro atoms. The van der Waals surface area contributed by atoms with Crippen LogP contribution in [0.2, 0.25) is 0 Å². The fraction of sp³-hybridized carbons (Fsp3) is 0.625. The molecule has 1 aromatic rings. The quantitative estimate of drug-likeness (QED) is 0.861. The molecule has 1 nitrogen and oxygen atoms in total. The fourth-order valence-corrected chi connectivity index (χ4v) is 3.24. The topological polar surface area (TPSA) is 20.2 Å². The van der Waals surface area contributed by atoms with Crippen molar-refractivity contribution in [3.05, 3.63) is 35.6 Å². The summed E-state index contributed by atoms with van der Waals surface area (Å²) in [5.74, 6) is 0.141. The minimum absolute atomic E-state index is 0.216. The van der Waals surface area contributed by atoms with E-state index in [4.69, 9.17) is 0 Å². The monoisotopic (exact) mass is 250 g/mol. The van der Waals surface area contributed by atoms with Crippen molar-refractivity contribution >= 4 is 0 Å². The highest BCUT2D eigenvalue weighted by molar-refractivity contribution is 5.17. The van der Waals surface area contributed by atoms with E-state index in [0.29, 0.717) is 12.3 Å². The lowest BCUT2D eigenvalue weighted by Gasteiger charge is -2.41.